The van der Waals surface area contributed by atoms with Crippen molar-refractivity contribution in [2.24, 2.45) is 5.41 Å². The summed E-state index contributed by atoms with van der Waals surface area (Å²) in [5.41, 5.74) is 1.03. The fraction of sp³-hybridized carbons (Fsp3) is 0.727. The van der Waals surface area contributed by atoms with Crippen molar-refractivity contribution in [3.05, 3.63) is 10.6 Å². The number of hydrogen-bond acceptors (Lipinski definition) is 4. The normalized spacial score (nSPS) is 11.9. The number of aryl methyl sites for hydroxylation is 1. The molecule has 0 amide bonds. The zero-order valence-electron chi connectivity index (χ0n) is 10.2. The van der Waals surface area contributed by atoms with Gasteiger partial charge in [0, 0.05) is 25.6 Å². The van der Waals surface area contributed by atoms with E-state index in [0.29, 0.717) is 0 Å². The molecular weight excluding hydrogens is 208 g/mol. The Bertz CT molecular complexity index is 331. The molecule has 0 aliphatic rings. The van der Waals surface area contributed by atoms with Gasteiger partial charge in [-0.25, -0.2) is 4.98 Å². The van der Waals surface area contributed by atoms with Crippen molar-refractivity contribution in [2.75, 3.05) is 25.6 Å². The van der Waals surface area contributed by atoms with Crippen molar-refractivity contribution in [3.8, 4) is 0 Å². The van der Waals surface area contributed by atoms with Gasteiger partial charge in [-0.05, 0) is 18.8 Å². The highest BCUT2D eigenvalue weighted by Crippen LogP contribution is 2.30. The second-order valence-electron chi connectivity index (χ2n) is 4.90. The predicted molar refractivity (Wildman–Crippen MR) is 65.7 cm³/mol. The Morgan fingerprint density at radius 2 is 2.00 bits per heavy atom. The zero-order chi connectivity index (χ0) is 11.6. The molecule has 0 saturated heterocycles. The predicted octanol–water partition coefficient (Wildman–Crippen LogP) is 2.08. The lowest BCUT2D eigenvalue weighted by Gasteiger charge is -2.20. The van der Waals surface area contributed by atoms with E-state index in [-0.39, 0.29) is 12.0 Å². The van der Waals surface area contributed by atoms with E-state index in [1.165, 1.54) is 4.88 Å². The first-order chi connectivity index (χ1) is 6.85. The van der Waals surface area contributed by atoms with E-state index in [2.05, 4.69) is 18.8 Å². The second kappa shape index (κ2) is 4.49. The molecule has 15 heavy (non-hydrogen) atoms. The fourth-order valence-electron chi connectivity index (χ4n) is 1.26. The maximum atomic E-state index is 9.24. The van der Waals surface area contributed by atoms with Crippen molar-refractivity contribution in [1.29, 1.82) is 0 Å². The molecule has 0 aromatic carbocycles. The smallest absolute Gasteiger partial charge is 0.185 e. The number of aliphatic hydroxyl groups is 1. The third kappa shape index (κ3) is 3.18. The van der Waals surface area contributed by atoms with E-state index >= 15 is 0 Å². The molecule has 0 unspecified atom stereocenters. The van der Waals surface area contributed by atoms with Gasteiger partial charge in [0.2, 0.25) is 0 Å². The first-order valence-electron chi connectivity index (χ1n) is 5.10. The summed E-state index contributed by atoms with van der Waals surface area (Å²) >= 11 is 1.71. The van der Waals surface area contributed by atoms with Crippen molar-refractivity contribution in [2.45, 2.75) is 27.2 Å². The van der Waals surface area contributed by atoms with Crippen LogP contribution in [0.15, 0.2) is 0 Å². The molecule has 1 aromatic heterocycles. The van der Waals surface area contributed by atoms with Crippen LogP contribution in [0.5, 0.6) is 0 Å². The van der Waals surface area contributed by atoms with Crippen LogP contribution in [0.25, 0.3) is 0 Å². The summed E-state index contributed by atoms with van der Waals surface area (Å²) in [6.07, 6.45) is 0.890. The summed E-state index contributed by atoms with van der Waals surface area (Å²) in [7, 11) is 4.00. The van der Waals surface area contributed by atoms with Gasteiger partial charge in [0.05, 0.1) is 5.69 Å². The van der Waals surface area contributed by atoms with Gasteiger partial charge >= 0.3 is 0 Å². The lowest BCUT2D eigenvalue weighted by atomic mass is 9.89. The number of rotatable bonds is 4. The summed E-state index contributed by atoms with van der Waals surface area (Å²) in [5.74, 6) is 0. The Morgan fingerprint density at radius 3 is 2.40 bits per heavy atom. The number of aromatic nitrogens is 1. The SMILES string of the molecule is Cc1nc(N(C)C)sc1CC(C)(C)CO. The van der Waals surface area contributed by atoms with Gasteiger partial charge in [0.1, 0.15) is 0 Å². The molecule has 0 fully saturated rings. The van der Waals surface area contributed by atoms with E-state index in [0.717, 1.165) is 17.2 Å². The summed E-state index contributed by atoms with van der Waals surface area (Å²) in [4.78, 5) is 7.79. The summed E-state index contributed by atoms with van der Waals surface area (Å²) in [6.45, 7) is 6.39. The molecule has 1 heterocycles. The summed E-state index contributed by atoms with van der Waals surface area (Å²) in [6, 6.07) is 0. The molecule has 1 aromatic rings. The molecule has 1 N–H and O–H groups in total. The third-order valence-corrected chi connectivity index (χ3v) is 3.66. The molecule has 0 aliphatic carbocycles. The van der Waals surface area contributed by atoms with Gasteiger partial charge in [-0.15, -0.1) is 11.3 Å². The third-order valence-electron chi connectivity index (χ3n) is 2.33. The molecular formula is C11H20N2OS. The van der Waals surface area contributed by atoms with Crippen LogP contribution < -0.4 is 4.90 Å². The maximum Gasteiger partial charge on any atom is 0.185 e. The van der Waals surface area contributed by atoms with Crippen molar-refractivity contribution in [3.63, 3.8) is 0 Å². The Labute approximate surface area is 95.8 Å². The summed E-state index contributed by atoms with van der Waals surface area (Å²) in [5, 5.41) is 10.3. The minimum atomic E-state index is -0.0547. The van der Waals surface area contributed by atoms with Crippen LogP contribution in [-0.4, -0.2) is 30.8 Å². The van der Waals surface area contributed by atoms with E-state index in [1.807, 2.05) is 25.9 Å². The molecule has 1 rings (SSSR count). The molecule has 0 aliphatic heterocycles. The van der Waals surface area contributed by atoms with Crippen LogP contribution in [0.2, 0.25) is 0 Å². The maximum absolute atomic E-state index is 9.24. The molecule has 3 nitrogen and oxygen atoms in total. The second-order valence-corrected chi connectivity index (χ2v) is 5.96. The van der Waals surface area contributed by atoms with Crippen LogP contribution >= 0.6 is 11.3 Å². The van der Waals surface area contributed by atoms with Gasteiger partial charge in [-0.2, -0.15) is 0 Å². The van der Waals surface area contributed by atoms with Gasteiger partial charge in [0.25, 0.3) is 0 Å². The van der Waals surface area contributed by atoms with Gasteiger partial charge in [-0.3, -0.25) is 0 Å². The monoisotopic (exact) mass is 228 g/mol. The lowest BCUT2D eigenvalue weighted by molar-refractivity contribution is 0.160. The number of hydrogen-bond donors (Lipinski definition) is 1. The molecule has 4 heteroatoms. The van der Waals surface area contributed by atoms with Crippen molar-refractivity contribution >= 4 is 16.5 Å². The van der Waals surface area contributed by atoms with Gasteiger partial charge in [-0.1, -0.05) is 13.8 Å². The number of nitrogens with zero attached hydrogens (tertiary/aromatic N) is 2. The van der Waals surface area contributed by atoms with E-state index in [9.17, 15) is 5.11 Å². The number of thiazole rings is 1. The minimum Gasteiger partial charge on any atom is -0.396 e. The highest BCUT2D eigenvalue weighted by atomic mass is 32.1. The molecule has 0 bridgehead atoms. The first kappa shape index (κ1) is 12.5. The fourth-order valence-corrected chi connectivity index (χ4v) is 2.50. The molecule has 0 spiro atoms. The number of anilines is 1. The van der Waals surface area contributed by atoms with Crippen molar-refractivity contribution < 1.29 is 5.11 Å². The average molecular weight is 228 g/mol. The van der Waals surface area contributed by atoms with Crippen molar-refractivity contribution in [1.82, 2.24) is 4.98 Å². The zero-order valence-corrected chi connectivity index (χ0v) is 11.0. The van der Waals surface area contributed by atoms with E-state index < -0.39 is 0 Å². The average Bonchev–Trinajstić information content (AvgIpc) is 2.47. The Balaban J connectivity index is 2.86. The van der Waals surface area contributed by atoms with Crippen LogP contribution in [-0.2, 0) is 6.42 Å². The molecule has 0 atom stereocenters. The Kier molecular flexibility index (Phi) is 3.73. The van der Waals surface area contributed by atoms with E-state index in [1.54, 1.807) is 11.3 Å². The van der Waals surface area contributed by atoms with E-state index in [4.69, 9.17) is 0 Å². The first-order valence-corrected chi connectivity index (χ1v) is 5.92. The topological polar surface area (TPSA) is 36.4 Å². The Hall–Kier alpha value is -0.610. The lowest BCUT2D eigenvalue weighted by Crippen LogP contribution is -2.19. The highest BCUT2D eigenvalue weighted by Gasteiger charge is 2.20. The minimum absolute atomic E-state index is 0.0547. The van der Waals surface area contributed by atoms with Crippen LogP contribution in [0.3, 0.4) is 0 Å². The summed E-state index contributed by atoms with van der Waals surface area (Å²) < 4.78 is 0. The van der Waals surface area contributed by atoms with Crippen LogP contribution in [0.1, 0.15) is 24.4 Å². The Morgan fingerprint density at radius 1 is 1.40 bits per heavy atom. The van der Waals surface area contributed by atoms with Gasteiger partial charge < -0.3 is 10.0 Å². The molecule has 86 valence electrons. The molecule has 0 radical (unpaired) electrons. The van der Waals surface area contributed by atoms with Gasteiger partial charge in [0.15, 0.2) is 5.13 Å². The standard InChI is InChI=1S/C11H20N2OS/c1-8-9(6-11(2,3)7-14)15-10(12-8)13(4)5/h14H,6-7H2,1-5H3. The highest BCUT2D eigenvalue weighted by molar-refractivity contribution is 7.15. The largest absolute Gasteiger partial charge is 0.396 e. The van der Waals surface area contributed by atoms with Crippen LogP contribution in [0.4, 0.5) is 5.13 Å². The molecule has 0 saturated carbocycles. The van der Waals surface area contributed by atoms with Crippen LogP contribution in [0, 0.1) is 12.3 Å². The quantitative estimate of drug-likeness (QED) is 0.857. The number of aliphatic hydroxyl groups excluding tert-OH is 1.